The number of rotatable bonds is 7. The Morgan fingerprint density at radius 1 is 1.12 bits per heavy atom. The lowest BCUT2D eigenvalue weighted by molar-refractivity contribution is -0.134. The maximum atomic E-state index is 12.7. The van der Waals surface area contributed by atoms with Crippen molar-refractivity contribution in [1.82, 2.24) is 9.88 Å². The minimum atomic E-state index is 0.0231. The van der Waals surface area contributed by atoms with Gasteiger partial charge in [0.1, 0.15) is 11.5 Å². The molecular formula is C21H22N2O3. The Morgan fingerprint density at radius 2 is 1.88 bits per heavy atom. The summed E-state index contributed by atoms with van der Waals surface area (Å²) in [6.45, 7) is 0.665. The SMILES string of the molecule is COc1ccc(OCC(=O)N(Cc2ccc3cc[nH]c3c2)C2CC2)cc1. The average Bonchev–Trinajstić information content (AvgIpc) is 3.41. The second kappa shape index (κ2) is 7.12. The molecule has 2 aromatic carbocycles. The van der Waals surface area contributed by atoms with Gasteiger partial charge < -0.3 is 19.4 Å². The van der Waals surface area contributed by atoms with E-state index in [0.717, 1.165) is 29.7 Å². The molecule has 0 saturated heterocycles. The summed E-state index contributed by atoms with van der Waals surface area (Å²) in [6, 6.07) is 15.9. The van der Waals surface area contributed by atoms with E-state index in [1.54, 1.807) is 7.11 Å². The zero-order valence-electron chi connectivity index (χ0n) is 14.8. The number of nitrogens with one attached hydrogen (secondary N) is 1. The maximum absolute atomic E-state index is 12.7. The van der Waals surface area contributed by atoms with Crippen molar-refractivity contribution in [2.45, 2.75) is 25.4 Å². The quantitative estimate of drug-likeness (QED) is 0.706. The van der Waals surface area contributed by atoms with Crippen LogP contribution in [0.4, 0.5) is 0 Å². The van der Waals surface area contributed by atoms with Crippen LogP contribution in [-0.4, -0.2) is 35.5 Å². The molecule has 1 fully saturated rings. The number of aromatic amines is 1. The summed E-state index contributed by atoms with van der Waals surface area (Å²) in [4.78, 5) is 17.9. The van der Waals surface area contributed by atoms with E-state index >= 15 is 0 Å². The number of hydrogen-bond acceptors (Lipinski definition) is 3. The van der Waals surface area contributed by atoms with Crippen LogP contribution in [0.15, 0.2) is 54.7 Å². The maximum Gasteiger partial charge on any atom is 0.261 e. The number of H-pyrrole nitrogens is 1. The van der Waals surface area contributed by atoms with Gasteiger partial charge in [0.05, 0.1) is 7.11 Å². The smallest absolute Gasteiger partial charge is 0.261 e. The molecule has 5 heteroatoms. The molecule has 1 heterocycles. The fourth-order valence-corrected chi connectivity index (χ4v) is 3.10. The Kier molecular flexibility index (Phi) is 4.52. The number of hydrogen-bond donors (Lipinski definition) is 1. The molecule has 0 unspecified atom stereocenters. The van der Waals surface area contributed by atoms with E-state index in [1.165, 1.54) is 5.39 Å². The predicted molar refractivity (Wildman–Crippen MR) is 100 cm³/mol. The van der Waals surface area contributed by atoms with Crippen molar-refractivity contribution >= 4 is 16.8 Å². The van der Waals surface area contributed by atoms with Gasteiger partial charge in [-0.2, -0.15) is 0 Å². The van der Waals surface area contributed by atoms with Gasteiger partial charge >= 0.3 is 0 Å². The van der Waals surface area contributed by atoms with Crippen LogP contribution < -0.4 is 9.47 Å². The summed E-state index contributed by atoms with van der Waals surface area (Å²) < 4.78 is 10.8. The Hall–Kier alpha value is -2.95. The molecule has 0 radical (unpaired) electrons. The van der Waals surface area contributed by atoms with E-state index in [1.807, 2.05) is 41.4 Å². The van der Waals surface area contributed by atoms with Crippen molar-refractivity contribution < 1.29 is 14.3 Å². The van der Waals surface area contributed by atoms with E-state index in [4.69, 9.17) is 9.47 Å². The average molecular weight is 350 g/mol. The van der Waals surface area contributed by atoms with Gasteiger partial charge in [0, 0.05) is 24.3 Å². The molecule has 0 bridgehead atoms. The second-order valence-electron chi connectivity index (χ2n) is 6.62. The molecule has 134 valence electrons. The highest BCUT2D eigenvalue weighted by molar-refractivity contribution is 5.81. The predicted octanol–water partition coefficient (Wildman–Crippen LogP) is 3.75. The van der Waals surface area contributed by atoms with Crippen molar-refractivity contribution in [2.24, 2.45) is 0 Å². The van der Waals surface area contributed by atoms with Gasteiger partial charge in [0.15, 0.2) is 6.61 Å². The van der Waals surface area contributed by atoms with E-state index in [2.05, 4.69) is 23.2 Å². The van der Waals surface area contributed by atoms with Gasteiger partial charge in [0.25, 0.3) is 5.91 Å². The van der Waals surface area contributed by atoms with E-state index in [-0.39, 0.29) is 12.5 Å². The molecule has 0 aliphatic heterocycles. The highest BCUT2D eigenvalue weighted by Crippen LogP contribution is 2.29. The molecule has 0 atom stereocenters. The van der Waals surface area contributed by atoms with Crippen LogP contribution in [0.5, 0.6) is 11.5 Å². The normalized spacial score (nSPS) is 13.6. The van der Waals surface area contributed by atoms with E-state index in [0.29, 0.717) is 18.3 Å². The monoisotopic (exact) mass is 350 g/mol. The minimum Gasteiger partial charge on any atom is -0.497 e. The third-order valence-corrected chi connectivity index (χ3v) is 4.70. The van der Waals surface area contributed by atoms with Gasteiger partial charge in [0.2, 0.25) is 0 Å². The minimum absolute atomic E-state index is 0.0231. The molecule has 1 saturated carbocycles. The van der Waals surface area contributed by atoms with E-state index in [9.17, 15) is 4.79 Å². The van der Waals surface area contributed by atoms with Crippen LogP contribution in [0.25, 0.3) is 10.9 Å². The summed E-state index contributed by atoms with van der Waals surface area (Å²) in [7, 11) is 1.62. The van der Waals surface area contributed by atoms with Crippen molar-refractivity contribution in [1.29, 1.82) is 0 Å². The number of aromatic nitrogens is 1. The fourth-order valence-electron chi connectivity index (χ4n) is 3.10. The molecule has 3 aromatic rings. The summed E-state index contributed by atoms with van der Waals surface area (Å²) in [5, 5.41) is 1.18. The molecule has 1 aliphatic carbocycles. The number of carbonyl (C=O) groups is 1. The lowest BCUT2D eigenvalue weighted by atomic mass is 10.1. The first-order valence-corrected chi connectivity index (χ1v) is 8.85. The Labute approximate surface area is 152 Å². The topological polar surface area (TPSA) is 54.6 Å². The van der Waals surface area contributed by atoms with Gasteiger partial charge in [-0.25, -0.2) is 0 Å². The van der Waals surface area contributed by atoms with Crippen LogP contribution in [0.2, 0.25) is 0 Å². The van der Waals surface area contributed by atoms with Crippen LogP contribution in [0.1, 0.15) is 18.4 Å². The number of fused-ring (bicyclic) bond motifs is 1. The van der Waals surface area contributed by atoms with Crippen LogP contribution in [0, 0.1) is 0 Å². The number of carbonyl (C=O) groups excluding carboxylic acids is 1. The first-order chi connectivity index (χ1) is 12.7. The Bertz CT molecular complexity index is 897. The van der Waals surface area contributed by atoms with Gasteiger partial charge in [-0.1, -0.05) is 12.1 Å². The van der Waals surface area contributed by atoms with Gasteiger partial charge in [-0.15, -0.1) is 0 Å². The molecule has 5 nitrogen and oxygen atoms in total. The lowest BCUT2D eigenvalue weighted by Crippen LogP contribution is -2.36. The molecule has 1 aromatic heterocycles. The Balaban J connectivity index is 1.41. The first-order valence-electron chi connectivity index (χ1n) is 8.85. The molecule has 0 spiro atoms. The lowest BCUT2D eigenvalue weighted by Gasteiger charge is -2.23. The highest BCUT2D eigenvalue weighted by atomic mass is 16.5. The Morgan fingerprint density at radius 3 is 2.62 bits per heavy atom. The number of nitrogens with zero attached hydrogens (tertiary/aromatic N) is 1. The molecule has 26 heavy (non-hydrogen) atoms. The third-order valence-electron chi connectivity index (χ3n) is 4.70. The highest BCUT2D eigenvalue weighted by Gasteiger charge is 2.32. The number of benzene rings is 2. The second-order valence-corrected chi connectivity index (χ2v) is 6.62. The number of ether oxygens (including phenoxy) is 2. The molecule has 4 rings (SSSR count). The standard InChI is InChI=1S/C21H22N2O3/c1-25-18-6-8-19(9-7-18)26-14-21(24)23(17-4-5-17)13-15-2-3-16-10-11-22-20(16)12-15/h2-3,6-12,17,22H,4-5,13-14H2,1H3. The van der Waals surface area contributed by atoms with Crippen molar-refractivity contribution in [3.63, 3.8) is 0 Å². The van der Waals surface area contributed by atoms with Crippen LogP contribution >= 0.6 is 0 Å². The number of amides is 1. The van der Waals surface area contributed by atoms with Gasteiger partial charge in [-0.3, -0.25) is 4.79 Å². The zero-order valence-corrected chi connectivity index (χ0v) is 14.8. The molecule has 1 aliphatic rings. The van der Waals surface area contributed by atoms with Gasteiger partial charge in [-0.05, 0) is 60.2 Å². The van der Waals surface area contributed by atoms with Crippen LogP contribution in [-0.2, 0) is 11.3 Å². The summed E-state index contributed by atoms with van der Waals surface area (Å²) in [5.74, 6) is 1.46. The molecule has 1 N–H and O–H groups in total. The van der Waals surface area contributed by atoms with Crippen molar-refractivity contribution in [3.8, 4) is 11.5 Å². The number of methoxy groups -OCH3 is 1. The largest absolute Gasteiger partial charge is 0.497 e. The van der Waals surface area contributed by atoms with Crippen LogP contribution in [0.3, 0.4) is 0 Å². The fraction of sp³-hybridized carbons (Fsp3) is 0.286. The third kappa shape index (κ3) is 3.67. The summed E-state index contributed by atoms with van der Waals surface area (Å²) in [5.41, 5.74) is 2.23. The van der Waals surface area contributed by atoms with Crippen molar-refractivity contribution in [3.05, 3.63) is 60.3 Å². The van der Waals surface area contributed by atoms with E-state index < -0.39 is 0 Å². The summed E-state index contributed by atoms with van der Waals surface area (Å²) in [6.07, 6.45) is 4.07. The van der Waals surface area contributed by atoms with Crippen molar-refractivity contribution in [2.75, 3.05) is 13.7 Å². The summed E-state index contributed by atoms with van der Waals surface area (Å²) >= 11 is 0. The molecule has 1 amide bonds. The molecular weight excluding hydrogens is 328 g/mol. The zero-order chi connectivity index (χ0) is 17.9. The first kappa shape index (κ1) is 16.5.